The molecule has 70 valence electrons. The zero-order valence-corrected chi connectivity index (χ0v) is 8.27. The molecule has 0 radical (unpaired) electrons. The van der Waals surface area contributed by atoms with Gasteiger partial charge in [-0.1, -0.05) is 6.92 Å². The molecule has 1 N–H and O–H groups in total. The maximum absolute atomic E-state index is 10.3. The van der Waals surface area contributed by atoms with E-state index in [2.05, 4.69) is 6.92 Å². The Balaban J connectivity index is 2.17. The predicted octanol–water partition coefficient (Wildman–Crippen LogP) is 2.24. The van der Waals surface area contributed by atoms with E-state index in [1.54, 1.807) is 0 Å². The van der Waals surface area contributed by atoms with Gasteiger partial charge in [-0.3, -0.25) is 4.79 Å². The molecule has 2 atom stereocenters. The van der Waals surface area contributed by atoms with Crippen molar-refractivity contribution in [1.82, 2.24) is 0 Å². The van der Waals surface area contributed by atoms with Crippen molar-refractivity contribution < 1.29 is 9.90 Å². The molecule has 3 heteroatoms. The standard InChI is InChI=1S/C9H16O2S/c1-7(2-3-9(10)11)8-4-5-12-6-8/h7-8H,2-6H2,1H3,(H,10,11). The van der Waals surface area contributed by atoms with Crippen LogP contribution in [0.5, 0.6) is 0 Å². The van der Waals surface area contributed by atoms with Gasteiger partial charge in [0.05, 0.1) is 0 Å². The molecule has 2 nitrogen and oxygen atoms in total. The van der Waals surface area contributed by atoms with Crippen molar-refractivity contribution in [2.45, 2.75) is 26.2 Å². The molecule has 12 heavy (non-hydrogen) atoms. The summed E-state index contributed by atoms with van der Waals surface area (Å²) in [5.74, 6) is 3.21. The van der Waals surface area contributed by atoms with E-state index < -0.39 is 5.97 Å². The summed E-state index contributed by atoms with van der Waals surface area (Å²) in [6.07, 6.45) is 2.47. The Labute approximate surface area is 77.7 Å². The second-order valence-corrected chi connectivity index (χ2v) is 4.68. The van der Waals surface area contributed by atoms with E-state index >= 15 is 0 Å². The van der Waals surface area contributed by atoms with Gasteiger partial charge in [0, 0.05) is 6.42 Å². The van der Waals surface area contributed by atoms with Gasteiger partial charge in [0.25, 0.3) is 0 Å². The molecule has 0 aliphatic carbocycles. The minimum Gasteiger partial charge on any atom is -0.481 e. The van der Waals surface area contributed by atoms with Crippen LogP contribution in [0.25, 0.3) is 0 Å². The average Bonchev–Trinajstić information content (AvgIpc) is 2.51. The van der Waals surface area contributed by atoms with Crippen molar-refractivity contribution in [3.8, 4) is 0 Å². The third-order valence-corrected chi connectivity index (χ3v) is 3.77. The summed E-state index contributed by atoms with van der Waals surface area (Å²) in [4.78, 5) is 10.3. The van der Waals surface area contributed by atoms with E-state index in [4.69, 9.17) is 5.11 Å². The summed E-state index contributed by atoms with van der Waals surface area (Å²) in [6, 6.07) is 0. The van der Waals surface area contributed by atoms with E-state index in [0.717, 1.165) is 12.3 Å². The molecule has 1 rings (SSSR count). The molecule has 0 aromatic rings. The van der Waals surface area contributed by atoms with Gasteiger partial charge in [-0.2, -0.15) is 11.8 Å². The molecule has 1 aliphatic rings. The quantitative estimate of drug-likeness (QED) is 0.735. The number of carboxylic acids is 1. The highest BCUT2D eigenvalue weighted by Gasteiger charge is 2.21. The van der Waals surface area contributed by atoms with Crippen molar-refractivity contribution in [2.24, 2.45) is 11.8 Å². The Morgan fingerprint density at radius 3 is 3.00 bits per heavy atom. The molecule has 2 unspecified atom stereocenters. The second-order valence-electron chi connectivity index (χ2n) is 3.53. The predicted molar refractivity (Wildman–Crippen MR) is 51.5 cm³/mol. The molecule has 0 aromatic heterocycles. The summed E-state index contributed by atoms with van der Waals surface area (Å²) in [6.45, 7) is 2.18. The van der Waals surface area contributed by atoms with Gasteiger partial charge in [0.1, 0.15) is 0 Å². The highest BCUT2D eigenvalue weighted by atomic mass is 32.2. The molecule has 0 bridgehead atoms. The number of hydrogen-bond acceptors (Lipinski definition) is 2. The lowest BCUT2D eigenvalue weighted by Crippen LogP contribution is -2.12. The van der Waals surface area contributed by atoms with Crippen LogP contribution in [-0.2, 0) is 4.79 Å². The minimum atomic E-state index is -0.660. The first-order chi connectivity index (χ1) is 5.70. The van der Waals surface area contributed by atoms with Crippen LogP contribution in [0.4, 0.5) is 0 Å². The van der Waals surface area contributed by atoms with Crippen molar-refractivity contribution in [2.75, 3.05) is 11.5 Å². The molecule has 1 fully saturated rings. The van der Waals surface area contributed by atoms with Gasteiger partial charge in [0.2, 0.25) is 0 Å². The molecule has 0 saturated carbocycles. The van der Waals surface area contributed by atoms with Gasteiger partial charge >= 0.3 is 5.97 Å². The van der Waals surface area contributed by atoms with Gasteiger partial charge in [-0.15, -0.1) is 0 Å². The Kier molecular flexibility index (Phi) is 3.92. The van der Waals surface area contributed by atoms with Crippen LogP contribution in [0, 0.1) is 11.8 Å². The van der Waals surface area contributed by atoms with Crippen molar-refractivity contribution in [3.63, 3.8) is 0 Å². The van der Waals surface area contributed by atoms with Crippen LogP contribution in [0.2, 0.25) is 0 Å². The van der Waals surface area contributed by atoms with Crippen LogP contribution in [0.3, 0.4) is 0 Å². The van der Waals surface area contributed by atoms with Gasteiger partial charge in [-0.05, 0) is 36.2 Å². The fraction of sp³-hybridized carbons (Fsp3) is 0.889. The van der Waals surface area contributed by atoms with Crippen LogP contribution in [-0.4, -0.2) is 22.6 Å². The lowest BCUT2D eigenvalue weighted by Gasteiger charge is -2.16. The van der Waals surface area contributed by atoms with Gasteiger partial charge in [-0.25, -0.2) is 0 Å². The van der Waals surface area contributed by atoms with E-state index in [1.165, 1.54) is 17.9 Å². The minimum absolute atomic E-state index is 0.336. The van der Waals surface area contributed by atoms with Crippen molar-refractivity contribution >= 4 is 17.7 Å². The molecule has 0 spiro atoms. The monoisotopic (exact) mass is 188 g/mol. The Hall–Kier alpha value is -0.180. The summed E-state index contributed by atoms with van der Waals surface area (Å²) in [7, 11) is 0. The summed E-state index contributed by atoms with van der Waals surface area (Å²) >= 11 is 2.00. The summed E-state index contributed by atoms with van der Waals surface area (Å²) in [5.41, 5.74) is 0. The number of hydrogen-bond donors (Lipinski definition) is 1. The van der Waals surface area contributed by atoms with E-state index in [0.29, 0.717) is 12.3 Å². The first kappa shape index (κ1) is 9.90. The van der Waals surface area contributed by atoms with Crippen LogP contribution >= 0.6 is 11.8 Å². The zero-order valence-electron chi connectivity index (χ0n) is 7.45. The van der Waals surface area contributed by atoms with Gasteiger partial charge < -0.3 is 5.11 Å². The normalized spacial score (nSPS) is 25.6. The zero-order chi connectivity index (χ0) is 8.97. The number of carbonyl (C=O) groups is 1. The van der Waals surface area contributed by atoms with Crippen molar-refractivity contribution in [1.29, 1.82) is 0 Å². The van der Waals surface area contributed by atoms with E-state index in [9.17, 15) is 4.79 Å². The maximum atomic E-state index is 10.3. The topological polar surface area (TPSA) is 37.3 Å². The maximum Gasteiger partial charge on any atom is 0.303 e. The largest absolute Gasteiger partial charge is 0.481 e. The Morgan fingerprint density at radius 2 is 2.50 bits per heavy atom. The average molecular weight is 188 g/mol. The molecule has 1 saturated heterocycles. The summed E-state index contributed by atoms with van der Waals surface area (Å²) < 4.78 is 0. The third-order valence-electron chi connectivity index (χ3n) is 2.58. The molecule has 0 aromatic carbocycles. The molecular weight excluding hydrogens is 172 g/mol. The number of rotatable bonds is 4. The lowest BCUT2D eigenvalue weighted by molar-refractivity contribution is -0.137. The number of thioether (sulfide) groups is 1. The number of carboxylic acid groups (broad SMARTS) is 1. The second kappa shape index (κ2) is 4.75. The molecule has 1 aliphatic heterocycles. The highest BCUT2D eigenvalue weighted by molar-refractivity contribution is 7.99. The fourth-order valence-corrected chi connectivity index (χ4v) is 3.02. The summed E-state index contributed by atoms with van der Waals surface area (Å²) in [5, 5.41) is 8.50. The fourth-order valence-electron chi connectivity index (χ4n) is 1.59. The van der Waals surface area contributed by atoms with E-state index in [-0.39, 0.29) is 0 Å². The molecule has 0 amide bonds. The molecule has 1 heterocycles. The first-order valence-electron chi connectivity index (χ1n) is 4.49. The molecular formula is C9H16O2S. The number of aliphatic carboxylic acids is 1. The van der Waals surface area contributed by atoms with Crippen LogP contribution < -0.4 is 0 Å². The van der Waals surface area contributed by atoms with Crippen molar-refractivity contribution in [3.05, 3.63) is 0 Å². The third kappa shape index (κ3) is 3.05. The highest BCUT2D eigenvalue weighted by Crippen LogP contribution is 2.31. The first-order valence-corrected chi connectivity index (χ1v) is 5.65. The Bertz CT molecular complexity index is 153. The smallest absolute Gasteiger partial charge is 0.303 e. The van der Waals surface area contributed by atoms with Crippen LogP contribution in [0.1, 0.15) is 26.2 Å². The lowest BCUT2D eigenvalue weighted by atomic mass is 9.90. The van der Waals surface area contributed by atoms with Gasteiger partial charge in [0.15, 0.2) is 0 Å². The van der Waals surface area contributed by atoms with E-state index in [1.807, 2.05) is 11.8 Å². The SMILES string of the molecule is CC(CCC(=O)O)C1CCSC1. The van der Waals surface area contributed by atoms with Crippen LogP contribution in [0.15, 0.2) is 0 Å². The Morgan fingerprint density at radius 1 is 1.75 bits per heavy atom.